The van der Waals surface area contributed by atoms with Crippen LogP contribution in [-0.4, -0.2) is 30.6 Å². The lowest BCUT2D eigenvalue weighted by molar-refractivity contribution is 0.102. The minimum Gasteiger partial charge on any atom is -0.296 e. The second-order valence-corrected chi connectivity index (χ2v) is 9.66. The zero-order chi connectivity index (χ0) is 19.9. The highest BCUT2D eigenvalue weighted by molar-refractivity contribution is 7.94. The smallest absolute Gasteiger partial charge is 0.293 e. The molecule has 1 aliphatic heterocycles. The number of hydrogen-bond donors (Lipinski definition) is 1. The molecule has 0 aliphatic carbocycles. The molecule has 1 N–H and O–H groups in total. The molecule has 4 rings (SSSR count). The fraction of sp³-hybridized carbons (Fsp3) is 0.167. The van der Waals surface area contributed by atoms with E-state index in [4.69, 9.17) is 11.6 Å². The molecule has 0 bridgehead atoms. The fourth-order valence-electron chi connectivity index (χ4n) is 3.16. The first-order valence-corrected chi connectivity index (χ1v) is 11.0. The molecule has 2 aromatic carbocycles. The molecule has 2 heterocycles. The van der Waals surface area contributed by atoms with Crippen molar-refractivity contribution in [3.8, 4) is 0 Å². The van der Waals surface area contributed by atoms with Crippen molar-refractivity contribution >= 4 is 49.7 Å². The van der Waals surface area contributed by atoms with E-state index in [1.165, 1.54) is 4.31 Å². The van der Waals surface area contributed by atoms with Gasteiger partial charge in [-0.25, -0.2) is 0 Å². The van der Waals surface area contributed by atoms with Gasteiger partial charge in [0, 0.05) is 6.04 Å². The van der Waals surface area contributed by atoms with Crippen molar-refractivity contribution in [2.24, 2.45) is 0 Å². The van der Waals surface area contributed by atoms with Gasteiger partial charge in [0.1, 0.15) is 0 Å². The maximum Gasteiger partial charge on any atom is 0.293 e. The fourth-order valence-corrected chi connectivity index (χ4v) is 6.05. The summed E-state index contributed by atoms with van der Waals surface area (Å²) in [4.78, 5) is 12.3. The van der Waals surface area contributed by atoms with Crippen molar-refractivity contribution in [1.29, 1.82) is 0 Å². The third-order valence-electron chi connectivity index (χ3n) is 4.37. The first-order valence-electron chi connectivity index (χ1n) is 8.39. The van der Waals surface area contributed by atoms with Crippen LogP contribution in [0.5, 0.6) is 0 Å². The predicted octanol–water partition coefficient (Wildman–Crippen LogP) is 3.58. The number of anilines is 2. The van der Waals surface area contributed by atoms with E-state index >= 15 is 0 Å². The molecule has 144 valence electrons. The summed E-state index contributed by atoms with van der Waals surface area (Å²) in [6, 6.07) is 13.7. The Labute approximate surface area is 171 Å². The van der Waals surface area contributed by atoms with Crippen LogP contribution in [0.25, 0.3) is 0 Å². The number of nitrogens with zero attached hydrogens (tertiary/aromatic N) is 3. The minimum absolute atomic E-state index is 0.0867. The minimum atomic E-state index is -3.89. The summed E-state index contributed by atoms with van der Waals surface area (Å²) < 4.78 is 27.4. The largest absolute Gasteiger partial charge is 0.296 e. The van der Waals surface area contributed by atoms with Crippen LogP contribution in [0.2, 0.25) is 5.02 Å². The molecule has 1 amide bonds. The van der Waals surface area contributed by atoms with Crippen molar-refractivity contribution in [3.05, 3.63) is 64.7 Å². The Balaban J connectivity index is 1.61. The van der Waals surface area contributed by atoms with Crippen LogP contribution in [0.1, 0.15) is 22.8 Å². The van der Waals surface area contributed by atoms with Crippen LogP contribution in [0.3, 0.4) is 0 Å². The number of amides is 1. The molecule has 1 aliphatic rings. The summed E-state index contributed by atoms with van der Waals surface area (Å²) in [5.41, 5.74) is 1.88. The molecule has 0 spiro atoms. The average Bonchev–Trinajstić information content (AvgIpc) is 3.26. The molecule has 7 nitrogen and oxygen atoms in total. The summed E-state index contributed by atoms with van der Waals surface area (Å²) in [7, 11) is -3.89. The standard InChI is InChI=1S/C18H15ClN4O3S2/c1-11-10-12-6-2-5-9-15(12)23(11)28(25,26)18-22-21-17(27-18)20-16(24)13-7-3-4-8-14(13)19/h2-9,11H,10H2,1H3,(H,20,21,24). The van der Waals surface area contributed by atoms with Crippen molar-refractivity contribution in [2.45, 2.75) is 23.7 Å². The van der Waals surface area contributed by atoms with Gasteiger partial charge < -0.3 is 0 Å². The third-order valence-corrected chi connectivity index (χ3v) is 7.81. The number of benzene rings is 2. The van der Waals surface area contributed by atoms with Gasteiger partial charge in [-0.1, -0.05) is 53.3 Å². The molecule has 1 unspecified atom stereocenters. The highest BCUT2D eigenvalue weighted by Crippen LogP contribution is 2.37. The second-order valence-electron chi connectivity index (χ2n) is 6.29. The van der Waals surface area contributed by atoms with Crippen LogP contribution < -0.4 is 9.62 Å². The number of halogens is 1. The molecule has 10 heteroatoms. The summed E-state index contributed by atoms with van der Waals surface area (Å²) in [6.07, 6.45) is 0.629. The van der Waals surface area contributed by atoms with Gasteiger partial charge in [0.2, 0.25) is 5.13 Å². The molecular formula is C18H15ClN4O3S2. The lowest BCUT2D eigenvalue weighted by Gasteiger charge is -2.22. The molecular weight excluding hydrogens is 420 g/mol. The Bertz CT molecular complexity index is 1160. The third kappa shape index (κ3) is 3.25. The van der Waals surface area contributed by atoms with E-state index in [0.29, 0.717) is 17.1 Å². The van der Waals surface area contributed by atoms with Crippen LogP contribution >= 0.6 is 22.9 Å². The average molecular weight is 435 g/mol. The summed E-state index contributed by atoms with van der Waals surface area (Å²) in [6.45, 7) is 1.85. The molecule has 1 aromatic heterocycles. The molecule has 0 saturated carbocycles. The van der Waals surface area contributed by atoms with Crippen LogP contribution in [-0.2, 0) is 16.4 Å². The second kappa shape index (κ2) is 7.16. The number of sulfonamides is 1. The van der Waals surface area contributed by atoms with Gasteiger partial charge in [-0.3, -0.25) is 14.4 Å². The van der Waals surface area contributed by atoms with Crippen LogP contribution in [0.4, 0.5) is 10.8 Å². The molecule has 0 fully saturated rings. The highest BCUT2D eigenvalue weighted by atomic mass is 35.5. The first kappa shape index (κ1) is 18.9. The van der Waals surface area contributed by atoms with Crippen molar-refractivity contribution in [2.75, 3.05) is 9.62 Å². The van der Waals surface area contributed by atoms with Gasteiger partial charge >= 0.3 is 0 Å². The van der Waals surface area contributed by atoms with E-state index < -0.39 is 15.9 Å². The number of hydrogen-bond acceptors (Lipinski definition) is 6. The van der Waals surface area contributed by atoms with Crippen molar-refractivity contribution in [3.63, 3.8) is 0 Å². The Hall–Kier alpha value is -2.49. The van der Waals surface area contributed by atoms with Crippen LogP contribution in [0.15, 0.2) is 52.9 Å². The van der Waals surface area contributed by atoms with E-state index in [-0.39, 0.29) is 21.1 Å². The predicted molar refractivity (Wildman–Crippen MR) is 109 cm³/mol. The number of carbonyl (C=O) groups excluding carboxylic acids is 1. The van der Waals surface area contributed by atoms with Gasteiger partial charge in [-0.2, -0.15) is 8.42 Å². The maximum atomic E-state index is 13.1. The number of fused-ring (bicyclic) bond motifs is 1. The van der Waals surface area contributed by atoms with E-state index in [2.05, 4.69) is 15.5 Å². The zero-order valence-electron chi connectivity index (χ0n) is 14.7. The normalized spacial score (nSPS) is 16.1. The summed E-state index contributed by atoms with van der Waals surface area (Å²) in [5, 5.41) is 10.5. The van der Waals surface area contributed by atoms with Gasteiger partial charge in [-0.15, -0.1) is 10.2 Å². The quantitative estimate of drug-likeness (QED) is 0.633. The molecule has 0 saturated heterocycles. The van der Waals surface area contributed by atoms with E-state index in [0.717, 1.165) is 16.9 Å². The van der Waals surface area contributed by atoms with Gasteiger partial charge in [0.05, 0.1) is 16.3 Å². The Morgan fingerprint density at radius 3 is 2.68 bits per heavy atom. The van der Waals surface area contributed by atoms with E-state index in [1.807, 2.05) is 19.1 Å². The Morgan fingerprint density at radius 2 is 1.89 bits per heavy atom. The van der Waals surface area contributed by atoms with Gasteiger partial charge in [0.15, 0.2) is 0 Å². The maximum absolute atomic E-state index is 13.1. The SMILES string of the molecule is CC1Cc2ccccc2N1S(=O)(=O)c1nnc(NC(=O)c2ccccc2Cl)s1. The van der Waals surface area contributed by atoms with Crippen molar-refractivity contribution < 1.29 is 13.2 Å². The first-order chi connectivity index (χ1) is 13.4. The lowest BCUT2D eigenvalue weighted by Crippen LogP contribution is -2.35. The number of para-hydroxylation sites is 1. The Kier molecular flexibility index (Phi) is 4.82. The monoisotopic (exact) mass is 434 g/mol. The summed E-state index contributed by atoms with van der Waals surface area (Å²) >= 11 is 6.82. The topological polar surface area (TPSA) is 92.3 Å². The zero-order valence-corrected chi connectivity index (χ0v) is 17.1. The molecule has 0 radical (unpaired) electrons. The van der Waals surface area contributed by atoms with Gasteiger partial charge in [-0.05, 0) is 37.1 Å². The molecule has 3 aromatic rings. The van der Waals surface area contributed by atoms with Crippen molar-refractivity contribution in [1.82, 2.24) is 10.2 Å². The molecule has 28 heavy (non-hydrogen) atoms. The summed E-state index contributed by atoms with van der Waals surface area (Å²) in [5.74, 6) is -0.481. The van der Waals surface area contributed by atoms with E-state index in [1.54, 1.807) is 36.4 Å². The number of aromatic nitrogens is 2. The lowest BCUT2D eigenvalue weighted by atomic mass is 10.1. The van der Waals surface area contributed by atoms with Gasteiger partial charge in [0.25, 0.3) is 20.3 Å². The Morgan fingerprint density at radius 1 is 1.18 bits per heavy atom. The van der Waals surface area contributed by atoms with E-state index in [9.17, 15) is 13.2 Å². The molecule has 1 atom stereocenters. The number of carbonyl (C=O) groups is 1. The highest BCUT2D eigenvalue weighted by Gasteiger charge is 2.38. The van der Waals surface area contributed by atoms with Crippen LogP contribution in [0, 0.1) is 0 Å². The number of nitrogens with one attached hydrogen (secondary N) is 1. The number of rotatable bonds is 4.